The number of hydrogen-bond acceptors (Lipinski definition) is 5. The number of hydrogen-bond donors (Lipinski definition) is 1. The number of rotatable bonds is 6. The summed E-state index contributed by atoms with van der Waals surface area (Å²) in [6.07, 6.45) is 0. The standard InChI is InChI=1S/C24H25N3O4/c1-5-30-23(28)21-17(4)27(20-11-6-15(2)14-16(20)3)24(29)26-22(21)18-7-9-19(10-8-18)31-13-12-25/h6-11,14,22H,5,13H2,1-4H3,(H,26,29)/t22-/m1/s1. The van der Waals surface area contributed by atoms with Crippen molar-refractivity contribution in [1.29, 1.82) is 5.26 Å². The van der Waals surface area contributed by atoms with Crippen LogP contribution >= 0.6 is 0 Å². The van der Waals surface area contributed by atoms with E-state index in [9.17, 15) is 9.59 Å². The molecule has 1 aliphatic rings. The third kappa shape index (κ3) is 4.53. The molecule has 31 heavy (non-hydrogen) atoms. The zero-order chi connectivity index (χ0) is 22.5. The van der Waals surface area contributed by atoms with E-state index in [1.807, 2.05) is 38.1 Å². The minimum atomic E-state index is -0.668. The SMILES string of the molecule is CCOC(=O)C1=C(C)N(c2ccc(C)cc2C)C(=O)N[C@@H]1c1ccc(OCC#N)cc1. The van der Waals surface area contributed by atoms with E-state index in [-0.39, 0.29) is 19.2 Å². The van der Waals surface area contributed by atoms with Gasteiger partial charge in [0.25, 0.3) is 0 Å². The second kappa shape index (κ2) is 9.35. The van der Waals surface area contributed by atoms with Crippen molar-refractivity contribution in [3.63, 3.8) is 0 Å². The third-order valence-electron chi connectivity index (χ3n) is 5.09. The van der Waals surface area contributed by atoms with Crippen molar-refractivity contribution in [3.05, 3.63) is 70.4 Å². The number of carbonyl (C=O) groups excluding carboxylic acids is 2. The zero-order valence-corrected chi connectivity index (χ0v) is 18.1. The molecule has 160 valence electrons. The van der Waals surface area contributed by atoms with E-state index >= 15 is 0 Å². The van der Waals surface area contributed by atoms with Crippen LogP contribution in [0.25, 0.3) is 0 Å². The molecule has 1 atom stereocenters. The number of urea groups is 1. The Labute approximate surface area is 181 Å². The third-order valence-corrected chi connectivity index (χ3v) is 5.09. The lowest BCUT2D eigenvalue weighted by Crippen LogP contribution is -2.48. The van der Waals surface area contributed by atoms with Crippen molar-refractivity contribution in [1.82, 2.24) is 5.32 Å². The molecular formula is C24H25N3O4. The number of carbonyl (C=O) groups is 2. The average Bonchev–Trinajstić information content (AvgIpc) is 2.73. The van der Waals surface area contributed by atoms with Gasteiger partial charge in [-0.05, 0) is 57.0 Å². The van der Waals surface area contributed by atoms with Crippen molar-refractivity contribution in [2.24, 2.45) is 0 Å². The summed E-state index contributed by atoms with van der Waals surface area (Å²) in [5.74, 6) is 0.0484. The molecule has 1 N–H and O–H groups in total. The highest BCUT2D eigenvalue weighted by Gasteiger charge is 2.37. The first-order valence-electron chi connectivity index (χ1n) is 10.0. The summed E-state index contributed by atoms with van der Waals surface area (Å²) in [5, 5.41) is 11.6. The highest BCUT2D eigenvalue weighted by Crippen LogP contribution is 2.36. The van der Waals surface area contributed by atoms with Gasteiger partial charge in [0.15, 0.2) is 6.61 Å². The Morgan fingerprint density at radius 3 is 2.48 bits per heavy atom. The van der Waals surface area contributed by atoms with Crippen LogP contribution in [0.1, 0.15) is 36.6 Å². The second-order valence-corrected chi connectivity index (χ2v) is 7.24. The van der Waals surface area contributed by atoms with Crippen LogP contribution < -0.4 is 15.0 Å². The van der Waals surface area contributed by atoms with Crippen molar-refractivity contribution in [2.45, 2.75) is 33.7 Å². The van der Waals surface area contributed by atoms with E-state index in [0.717, 1.165) is 11.1 Å². The smallest absolute Gasteiger partial charge is 0.338 e. The quantitative estimate of drug-likeness (QED) is 0.705. The van der Waals surface area contributed by atoms with Crippen molar-refractivity contribution in [3.8, 4) is 11.8 Å². The molecule has 7 heteroatoms. The van der Waals surface area contributed by atoms with Gasteiger partial charge in [-0.3, -0.25) is 4.90 Å². The fourth-order valence-corrected chi connectivity index (χ4v) is 3.68. The molecule has 2 amide bonds. The average molecular weight is 419 g/mol. The van der Waals surface area contributed by atoms with Gasteiger partial charge in [0.05, 0.1) is 23.9 Å². The lowest BCUT2D eigenvalue weighted by atomic mass is 9.94. The van der Waals surface area contributed by atoms with E-state index < -0.39 is 12.0 Å². The molecule has 1 aliphatic heterocycles. The van der Waals surface area contributed by atoms with Gasteiger partial charge in [-0.2, -0.15) is 5.26 Å². The number of aryl methyl sites for hydroxylation is 2. The number of anilines is 1. The lowest BCUT2D eigenvalue weighted by molar-refractivity contribution is -0.139. The summed E-state index contributed by atoms with van der Waals surface area (Å²) < 4.78 is 10.6. The van der Waals surface area contributed by atoms with Gasteiger partial charge in [0.2, 0.25) is 0 Å². The minimum absolute atomic E-state index is 0.0581. The first kappa shape index (κ1) is 21.9. The normalized spacial score (nSPS) is 15.9. The van der Waals surface area contributed by atoms with E-state index in [0.29, 0.717) is 28.3 Å². The molecule has 0 fully saturated rings. The number of nitrogens with one attached hydrogen (secondary N) is 1. The molecule has 1 heterocycles. The Morgan fingerprint density at radius 2 is 1.87 bits per heavy atom. The van der Waals surface area contributed by atoms with Crippen LogP contribution in [0, 0.1) is 25.2 Å². The van der Waals surface area contributed by atoms with Gasteiger partial charge in [0, 0.05) is 5.70 Å². The summed E-state index contributed by atoms with van der Waals surface area (Å²) in [6, 6.07) is 13.6. The maximum Gasteiger partial charge on any atom is 0.338 e. The van der Waals surface area contributed by atoms with Crippen LogP contribution in [0.4, 0.5) is 10.5 Å². The van der Waals surface area contributed by atoms with Gasteiger partial charge in [-0.25, -0.2) is 9.59 Å². The molecule has 0 bridgehead atoms. The summed E-state index contributed by atoms with van der Waals surface area (Å²) in [4.78, 5) is 27.5. The number of nitriles is 1. The van der Waals surface area contributed by atoms with Crippen molar-refractivity contribution < 1.29 is 19.1 Å². The Hall–Kier alpha value is -3.79. The Bertz CT molecular complexity index is 1070. The van der Waals surface area contributed by atoms with Gasteiger partial charge < -0.3 is 14.8 Å². The highest BCUT2D eigenvalue weighted by molar-refractivity contribution is 6.03. The van der Waals surface area contributed by atoms with Crippen molar-refractivity contribution >= 4 is 17.7 Å². The first-order chi connectivity index (χ1) is 14.9. The fourth-order valence-electron chi connectivity index (χ4n) is 3.68. The molecule has 3 rings (SSSR count). The van der Waals surface area contributed by atoms with Crippen molar-refractivity contribution in [2.75, 3.05) is 18.1 Å². The zero-order valence-electron chi connectivity index (χ0n) is 18.1. The lowest BCUT2D eigenvalue weighted by Gasteiger charge is -2.36. The van der Waals surface area contributed by atoms with E-state index in [1.165, 1.54) is 4.90 Å². The van der Waals surface area contributed by atoms with E-state index in [4.69, 9.17) is 14.7 Å². The summed E-state index contributed by atoms with van der Waals surface area (Å²) in [6.45, 7) is 7.58. The number of esters is 1. The molecule has 0 aromatic heterocycles. The largest absolute Gasteiger partial charge is 0.479 e. The molecular weight excluding hydrogens is 394 g/mol. The topological polar surface area (TPSA) is 91.7 Å². The Kier molecular flexibility index (Phi) is 6.61. The van der Waals surface area contributed by atoms with Gasteiger partial charge in [0.1, 0.15) is 11.8 Å². The van der Waals surface area contributed by atoms with Crippen LogP contribution in [0.15, 0.2) is 53.7 Å². The highest BCUT2D eigenvalue weighted by atomic mass is 16.5. The number of allylic oxidation sites excluding steroid dienone is 1. The maximum atomic E-state index is 13.1. The van der Waals surface area contributed by atoms with Crippen LogP contribution in [0.2, 0.25) is 0 Å². The first-order valence-corrected chi connectivity index (χ1v) is 10.0. The second-order valence-electron chi connectivity index (χ2n) is 7.24. The molecule has 7 nitrogen and oxygen atoms in total. The van der Waals surface area contributed by atoms with Gasteiger partial charge in [-0.1, -0.05) is 29.8 Å². The maximum absolute atomic E-state index is 13.1. The van der Waals surface area contributed by atoms with E-state index in [2.05, 4.69) is 5.32 Å². The molecule has 0 spiro atoms. The molecule has 0 saturated heterocycles. The molecule has 0 unspecified atom stereocenters. The monoisotopic (exact) mass is 419 g/mol. The number of amides is 2. The van der Waals surface area contributed by atoms with Crippen LogP contribution in [0.3, 0.4) is 0 Å². The minimum Gasteiger partial charge on any atom is -0.479 e. The number of nitrogens with zero attached hydrogens (tertiary/aromatic N) is 2. The fraction of sp³-hybridized carbons (Fsp3) is 0.292. The van der Waals surface area contributed by atoms with Crippen LogP contribution in [-0.2, 0) is 9.53 Å². The van der Waals surface area contributed by atoms with Gasteiger partial charge in [-0.15, -0.1) is 0 Å². The van der Waals surface area contributed by atoms with Crippen LogP contribution in [0.5, 0.6) is 5.75 Å². The Balaban J connectivity index is 2.06. The molecule has 0 aliphatic carbocycles. The summed E-state index contributed by atoms with van der Waals surface area (Å²) in [7, 11) is 0. The number of ether oxygens (including phenoxy) is 2. The Morgan fingerprint density at radius 1 is 1.16 bits per heavy atom. The molecule has 2 aromatic rings. The predicted molar refractivity (Wildman–Crippen MR) is 117 cm³/mol. The number of benzene rings is 2. The van der Waals surface area contributed by atoms with Gasteiger partial charge >= 0.3 is 12.0 Å². The van der Waals surface area contributed by atoms with E-state index in [1.54, 1.807) is 38.1 Å². The molecule has 2 aromatic carbocycles. The summed E-state index contributed by atoms with van der Waals surface area (Å²) in [5.41, 5.74) is 4.31. The van der Waals surface area contributed by atoms with Crippen LogP contribution in [-0.4, -0.2) is 25.2 Å². The molecule has 0 saturated carbocycles. The predicted octanol–water partition coefficient (Wildman–Crippen LogP) is 4.31. The summed E-state index contributed by atoms with van der Waals surface area (Å²) >= 11 is 0. The molecule has 0 radical (unpaired) electrons.